The first-order valence-corrected chi connectivity index (χ1v) is 8.95. The van der Waals surface area contributed by atoms with Crippen LogP contribution >= 0.6 is 0 Å². The third-order valence-corrected chi connectivity index (χ3v) is 5.25. The van der Waals surface area contributed by atoms with E-state index in [-0.39, 0.29) is 5.91 Å². The fraction of sp³-hybridized carbons (Fsp3) is 0.273. The van der Waals surface area contributed by atoms with E-state index in [0.717, 1.165) is 47.1 Å². The van der Waals surface area contributed by atoms with E-state index in [2.05, 4.69) is 6.58 Å². The molecule has 4 heteroatoms. The van der Waals surface area contributed by atoms with Gasteiger partial charge >= 0.3 is 0 Å². The minimum atomic E-state index is -0.989. The lowest BCUT2D eigenvalue weighted by Gasteiger charge is -2.31. The van der Waals surface area contributed by atoms with Crippen molar-refractivity contribution in [3.63, 3.8) is 0 Å². The van der Waals surface area contributed by atoms with E-state index < -0.39 is 11.3 Å². The van der Waals surface area contributed by atoms with E-state index in [9.17, 15) is 9.59 Å². The number of unbranched alkanes of at least 4 members (excludes halogenated alkanes) is 2. The maximum atomic E-state index is 12.8. The van der Waals surface area contributed by atoms with E-state index in [1.165, 1.54) is 0 Å². The summed E-state index contributed by atoms with van der Waals surface area (Å²) in [5.41, 5.74) is 14.9. The van der Waals surface area contributed by atoms with Crippen LogP contribution in [0.5, 0.6) is 0 Å². The Morgan fingerprint density at radius 1 is 0.808 bits per heavy atom. The molecule has 2 aromatic rings. The SMILES string of the molecule is C=C(CCCCCC(N)=O)C1(C(N)=O)c2ccccc2-c2ccccc21. The second kappa shape index (κ2) is 7.16. The third kappa shape index (κ3) is 2.81. The highest BCUT2D eigenvalue weighted by Gasteiger charge is 2.49. The van der Waals surface area contributed by atoms with Crippen molar-refractivity contribution in [2.24, 2.45) is 11.5 Å². The van der Waals surface area contributed by atoms with Gasteiger partial charge in [0.2, 0.25) is 11.8 Å². The normalized spacial score (nSPS) is 13.7. The molecule has 0 radical (unpaired) electrons. The Morgan fingerprint density at radius 2 is 1.31 bits per heavy atom. The van der Waals surface area contributed by atoms with Gasteiger partial charge in [-0.1, -0.05) is 67.1 Å². The van der Waals surface area contributed by atoms with Crippen LogP contribution in [-0.2, 0) is 15.0 Å². The number of carbonyl (C=O) groups is 2. The summed E-state index contributed by atoms with van der Waals surface area (Å²) in [6.07, 6.45) is 3.51. The van der Waals surface area contributed by atoms with Gasteiger partial charge < -0.3 is 11.5 Å². The maximum absolute atomic E-state index is 12.8. The molecule has 0 aliphatic heterocycles. The minimum Gasteiger partial charge on any atom is -0.370 e. The number of primary amides is 2. The van der Waals surface area contributed by atoms with Crippen LogP contribution in [-0.4, -0.2) is 11.8 Å². The first kappa shape index (κ1) is 17.9. The molecule has 0 saturated carbocycles. The van der Waals surface area contributed by atoms with Crippen molar-refractivity contribution in [2.45, 2.75) is 37.5 Å². The molecule has 0 saturated heterocycles. The van der Waals surface area contributed by atoms with Crippen molar-refractivity contribution >= 4 is 11.8 Å². The second-order valence-electron chi connectivity index (χ2n) is 6.84. The van der Waals surface area contributed by atoms with Gasteiger partial charge in [0.1, 0.15) is 5.41 Å². The van der Waals surface area contributed by atoms with Crippen LogP contribution in [0, 0.1) is 0 Å². The summed E-state index contributed by atoms with van der Waals surface area (Å²) in [7, 11) is 0. The number of carbonyl (C=O) groups excluding carboxylic acids is 2. The average molecular weight is 348 g/mol. The number of hydrogen-bond acceptors (Lipinski definition) is 2. The average Bonchev–Trinajstić information content (AvgIpc) is 2.92. The van der Waals surface area contributed by atoms with Crippen molar-refractivity contribution in [2.75, 3.05) is 0 Å². The quantitative estimate of drug-likeness (QED) is 0.565. The first-order valence-electron chi connectivity index (χ1n) is 8.95. The molecule has 1 aliphatic rings. The molecule has 4 N–H and O–H groups in total. The van der Waals surface area contributed by atoms with E-state index in [0.29, 0.717) is 12.8 Å². The summed E-state index contributed by atoms with van der Waals surface area (Å²) in [6, 6.07) is 15.8. The molecule has 2 amide bonds. The van der Waals surface area contributed by atoms with Crippen LogP contribution in [0.3, 0.4) is 0 Å². The highest BCUT2D eigenvalue weighted by atomic mass is 16.1. The Hall–Kier alpha value is -2.88. The number of nitrogens with two attached hydrogens (primary N) is 2. The van der Waals surface area contributed by atoms with Crippen molar-refractivity contribution in [1.82, 2.24) is 0 Å². The molecule has 4 nitrogen and oxygen atoms in total. The molecule has 26 heavy (non-hydrogen) atoms. The Bertz CT molecular complexity index is 824. The van der Waals surface area contributed by atoms with Crippen LogP contribution in [0.25, 0.3) is 11.1 Å². The molecular formula is C22H24N2O2. The van der Waals surface area contributed by atoms with Crippen molar-refractivity contribution in [1.29, 1.82) is 0 Å². The van der Waals surface area contributed by atoms with E-state index >= 15 is 0 Å². The lowest BCUT2D eigenvalue weighted by atomic mass is 9.70. The predicted octanol–water partition coefficient (Wildman–Crippen LogP) is 3.43. The molecular weight excluding hydrogens is 324 g/mol. The Balaban J connectivity index is 1.94. The van der Waals surface area contributed by atoms with Gasteiger partial charge in [0.05, 0.1) is 0 Å². The van der Waals surface area contributed by atoms with Gasteiger partial charge in [0.25, 0.3) is 0 Å². The van der Waals surface area contributed by atoms with Crippen LogP contribution in [0.4, 0.5) is 0 Å². The summed E-state index contributed by atoms with van der Waals surface area (Å²) in [5.74, 6) is -0.673. The Kier molecular flexibility index (Phi) is 4.94. The molecule has 1 aliphatic carbocycles. The van der Waals surface area contributed by atoms with Gasteiger partial charge in [-0.25, -0.2) is 0 Å². The van der Waals surface area contributed by atoms with Gasteiger partial charge in [-0.15, -0.1) is 0 Å². The predicted molar refractivity (Wildman–Crippen MR) is 103 cm³/mol. The fourth-order valence-electron chi connectivity index (χ4n) is 4.06. The summed E-state index contributed by atoms with van der Waals surface area (Å²) in [4.78, 5) is 23.6. The zero-order valence-electron chi connectivity index (χ0n) is 14.8. The smallest absolute Gasteiger partial charge is 0.236 e. The lowest BCUT2D eigenvalue weighted by Crippen LogP contribution is -2.42. The molecule has 0 bridgehead atoms. The molecule has 0 aromatic heterocycles. The van der Waals surface area contributed by atoms with Gasteiger partial charge in [0.15, 0.2) is 0 Å². The molecule has 0 spiro atoms. The third-order valence-electron chi connectivity index (χ3n) is 5.25. The molecule has 134 valence electrons. The molecule has 3 rings (SSSR count). The highest BCUT2D eigenvalue weighted by Crippen LogP contribution is 2.52. The standard InChI is InChI=1S/C22H24N2O2/c1-15(9-3-2-4-14-20(23)25)22(21(24)26)18-12-7-5-10-16(18)17-11-6-8-13-19(17)22/h5-8,10-13H,1-4,9,14H2,(H2,23,25)(H2,24,26). The van der Waals surface area contributed by atoms with E-state index in [4.69, 9.17) is 11.5 Å². The maximum Gasteiger partial charge on any atom is 0.236 e. The number of fused-ring (bicyclic) bond motifs is 3. The number of amides is 2. The topological polar surface area (TPSA) is 86.2 Å². The Morgan fingerprint density at radius 3 is 1.81 bits per heavy atom. The summed E-state index contributed by atoms with van der Waals surface area (Å²) >= 11 is 0. The Labute approximate surface area is 153 Å². The molecule has 0 unspecified atom stereocenters. The zero-order chi connectivity index (χ0) is 18.7. The van der Waals surface area contributed by atoms with Crippen LogP contribution in [0.1, 0.15) is 43.2 Å². The molecule has 0 heterocycles. The monoisotopic (exact) mass is 348 g/mol. The number of rotatable bonds is 8. The second-order valence-corrected chi connectivity index (χ2v) is 6.84. The van der Waals surface area contributed by atoms with Crippen molar-refractivity contribution in [3.8, 4) is 11.1 Å². The largest absolute Gasteiger partial charge is 0.370 e. The summed E-state index contributed by atoms with van der Waals surface area (Å²) in [5, 5.41) is 0. The van der Waals surface area contributed by atoms with Crippen LogP contribution in [0.15, 0.2) is 60.7 Å². The highest BCUT2D eigenvalue weighted by molar-refractivity contribution is 6.02. The number of benzene rings is 2. The fourth-order valence-corrected chi connectivity index (χ4v) is 4.06. The zero-order valence-corrected chi connectivity index (χ0v) is 14.8. The van der Waals surface area contributed by atoms with Gasteiger partial charge in [0, 0.05) is 6.42 Å². The van der Waals surface area contributed by atoms with Crippen molar-refractivity contribution < 1.29 is 9.59 Å². The summed E-state index contributed by atoms with van der Waals surface area (Å²) in [6.45, 7) is 4.27. The molecule has 0 atom stereocenters. The van der Waals surface area contributed by atoms with E-state index in [1.807, 2.05) is 48.5 Å². The molecule has 2 aromatic carbocycles. The van der Waals surface area contributed by atoms with Crippen LogP contribution < -0.4 is 11.5 Å². The molecule has 0 fully saturated rings. The van der Waals surface area contributed by atoms with Gasteiger partial charge in [-0.2, -0.15) is 0 Å². The van der Waals surface area contributed by atoms with Gasteiger partial charge in [-0.3, -0.25) is 9.59 Å². The first-order chi connectivity index (χ1) is 12.5. The lowest BCUT2D eigenvalue weighted by molar-refractivity contribution is -0.121. The van der Waals surface area contributed by atoms with Crippen LogP contribution in [0.2, 0.25) is 0 Å². The number of hydrogen-bond donors (Lipinski definition) is 2. The van der Waals surface area contributed by atoms with Crippen molar-refractivity contribution in [3.05, 3.63) is 71.8 Å². The van der Waals surface area contributed by atoms with E-state index in [1.54, 1.807) is 0 Å². The minimum absolute atomic E-state index is 0.281. The van der Waals surface area contributed by atoms with Gasteiger partial charge in [-0.05, 0) is 41.5 Å². The summed E-state index contributed by atoms with van der Waals surface area (Å²) < 4.78 is 0.